The highest BCUT2D eigenvalue weighted by molar-refractivity contribution is 7.17. The average molecular weight is 428 g/mol. The van der Waals surface area contributed by atoms with Gasteiger partial charge in [-0.3, -0.25) is 4.79 Å². The Hall–Kier alpha value is -3.37. The number of aryl methyl sites for hydroxylation is 1. The number of rotatable bonds is 8. The summed E-state index contributed by atoms with van der Waals surface area (Å²) < 4.78 is 5.85. The summed E-state index contributed by atoms with van der Waals surface area (Å²) in [7, 11) is 0. The lowest BCUT2D eigenvalue weighted by molar-refractivity contribution is 0.0942. The number of nitrogens with one attached hydrogen (secondary N) is 1. The molecular weight excluding hydrogens is 402 g/mol. The van der Waals surface area contributed by atoms with Crippen LogP contribution in [0.15, 0.2) is 97.1 Å². The Morgan fingerprint density at radius 1 is 0.839 bits per heavy atom. The van der Waals surface area contributed by atoms with Gasteiger partial charge in [-0.05, 0) is 79.4 Å². The van der Waals surface area contributed by atoms with Crippen molar-refractivity contribution in [3.8, 4) is 21.9 Å². The number of hydrogen-bond acceptors (Lipinski definition) is 3. The van der Waals surface area contributed by atoms with Crippen LogP contribution in [-0.4, -0.2) is 11.9 Å². The molecule has 0 radical (unpaired) electrons. The molecule has 156 valence electrons. The molecule has 1 aromatic heterocycles. The van der Waals surface area contributed by atoms with Crippen molar-refractivity contribution in [2.75, 3.05) is 0 Å². The van der Waals surface area contributed by atoms with E-state index >= 15 is 0 Å². The summed E-state index contributed by atoms with van der Waals surface area (Å²) in [5, 5.41) is 3.12. The van der Waals surface area contributed by atoms with Crippen molar-refractivity contribution in [2.45, 2.75) is 25.8 Å². The van der Waals surface area contributed by atoms with Gasteiger partial charge in [-0.1, -0.05) is 48.5 Å². The number of benzene rings is 3. The lowest BCUT2D eigenvalue weighted by Gasteiger charge is -2.13. The third-order valence-electron chi connectivity index (χ3n) is 5.03. The van der Waals surface area contributed by atoms with Gasteiger partial charge in [0.25, 0.3) is 5.91 Å². The van der Waals surface area contributed by atoms with E-state index < -0.39 is 0 Å². The Balaban J connectivity index is 1.33. The second kappa shape index (κ2) is 10.1. The first kappa shape index (κ1) is 20.9. The van der Waals surface area contributed by atoms with E-state index in [2.05, 4.69) is 24.4 Å². The van der Waals surface area contributed by atoms with Crippen molar-refractivity contribution >= 4 is 17.2 Å². The van der Waals surface area contributed by atoms with E-state index in [1.807, 2.05) is 84.9 Å². The van der Waals surface area contributed by atoms with Crippen LogP contribution in [0.2, 0.25) is 0 Å². The monoisotopic (exact) mass is 427 g/mol. The van der Waals surface area contributed by atoms with E-state index in [-0.39, 0.29) is 11.9 Å². The zero-order chi connectivity index (χ0) is 21.5. The average Bonchev–Trinajstić information content (AvgIpc) is 3.30. The molecule has 3 nitrogen and oxygen atoms in total. The SMILES string of the molecule is CC(CCc1ccccc1)NC(=O)c1ccc(-c2ccc(Oc3ccccc3)cc2)s1. The molecular formula is C27H25NO2S. The molecule has 0 aliphatic heterocycles. The Kier molecular flexibility index (Phi) is 6.80. The van der Waals surface area contributed by atoms with Gasteiger partial charge in [0.05, 0.1) is 4.88 Å². The molecule has 1 N–H and O–H groups in total. The zero-order valence-corrected chi connectivity index (χ0v) is 18.3. The lowest BCUT2D eigenvalue weighted by Crippen LogP contribution is -2.32. The molecule has 0 aliphatic rings. The maximum atomic E-state index is 12.6. The van der Waals surface area contributed by atoms with Gasteiger partial charge < -0.3 is 10.1 Å². The van der Waals surface area contributed by atoms with Gasteiger partial charge in [-0.2, -0.15) is 0 Å². The molecule has 0 fully saturated rings. The number of ether oxygens (including phenoxy) is 1. The summed E-state index contributed by atoms with van der Waals surface area (Å²) in [4.78, 5) is 14.4. The van der Waals surface area contributed by atoms with Crippen molar-refractivity contribution in [3.63, 3.8) is 0 Å². The Labute approximate surface area is 187 Å². The van der Waals surface area contributed by atoms with Crippen molar-refractivity contribution in [1.82, 2.24) is 5.32 Å². The van der Waals surface area contributed by atoms with Crippen LogP contribution >= 0.6 is 11.3 Å². The largest absolute Gasteiger partial charge is 0.457 e. The van der Waals surface area contributed by atoms with Crippen molar-refractivity contribution in [3.05, 3.63) is 108 Å². The van der Waals surface area contributed by atoms with Gasteiger partial charge in [0, 0.05) is 10.9 Å². The van der Waals surface area contributed by atoms with Crippen LogP contribution in [0.4, 0.5) is 0 Å². The molecule has 4 heteroatoms. The molecule has 0 aliphatic carbocycles. The lowest BCUT2D eigenvalue weighted by atomic mass is 10.1. The molecule has 0 bridgehead atoms. The fraction of sp³-hybridized carbons (Fsp3) is 0.148. The fourth-order valence-electron chi connectivity index (χ4n) is 3.32. The maximum absolute atomic E-state index is 12.6. The van der Waals surface area contributed by atoms with E-state index in [9.17, 15) is 4.79 Å². The Morgan fingerprint density at radius 2 is 1.48 bits per heavy atom. The number of para-hydroxylation sites is 1. The first-order valence-electron chi connectivity index (χ1n) is 10.5. The second-order valence-corrected chi connectivity index (χ2v) is 8.59. The number of hydrogen-bond donors (Lipinski definition) is 1. The molecule has 1 atom stereocenters. The van der Waals surface area contributed by atoms with Gasteiger partial charge in [0.1, 0.15) is 11.5 Å². The number of thiophene rings is 1. The molecule has 0 spiro atoms. The van der Waals surface area contributed by atoms with Crippen LogP contribution in [-0.2, 0) is 6.42 Å². The third-order valence-corrected chi connectivity index (χ3v) is 6.17. The van der Waals surface area contributed by atoms with Gasteiger partial charge in [0.15, 0.2) is 0 Å². The topological polar surface area (TPSA) is 38.3 Å². The molecule has 1 amide bonds. The number of carbonyl (C=O) groups excluding carboxylic acids is 1. The van der Waals surface area contributed by atoms with Crippen LogP contribution in [0.5, 0.6) is 11.5 Å². The highest BCUT2D eigenvalue weighted by Crippen LogP contribution is 2.30. The van der Waals surface area contributed by atoms with Gasteiger partial charge in [0.2, 0.25) is 0 Å². The third kappa shape index (κ3) is 5.83. The van der Waals surface area contributed by atoms with Gasteiger partial charge in [-0.25, -0.2) is 0 Å². The van der Waals surface area contributed by atoms with Crippen LogP contribution in [0.3, 0.4) is 0 Å². The minimum absolute atomic E-state index is 0.0131. The summed E-state index contributed by atoms with van der Waals surface area (Å²) >= 11 is 1.51. The summed E-state index contributed by atoms with van der Waals surface area (Å²) in [6.45, 7) is 2.06. The van der Waals surface area contributed by atoms with Gasteiger partial charge in [-0.15, -0.1) is 11.3 Å². The summed E-state index contributed by atoms with van der Waals surface area (Å²) in [5.41, 5.74) is 2.36. The zero-order valence-electron chi connectivity index (χ0n) is 17.5. The second-order valence-electron chi connectivity index (χ2n) is 7.50. The van der Waals surface area contributed by atoms with E-state index in [4.69, 9.17) is 4.74 Å². The molecule has 4 rings (SSSR count). The fourth-order valence-corrected chi connectivity index (χ4v) is 4.24. The predicted octanol–water partition coefficient (Wildman–Crippen LogP) is 6.96. The molecule has 0 saturated carbocycles. The first-order chi connectivity index (χ1) is 15.2. The van der Waals surface area contributed by atoms with Crippen LogP contribution in [0.25, 0.3) is 10.4 Å². The predicted molar refractivity (Wildman–Crippen MR) is 128 cm³/mol. The summed E-state index contributed by atoms with van der Waals surface area (Å²) in [6, 6.07) is 32.0. The van der Waals surface area contributed by atoms with E-state index in [1.165, 1.54) is 16.9 Å². The minimum Gasteiger partial charge on any atom is -0.457 e. The molecule has 3 aromatic carbocycles. The highest BCUT2D eigenvalue weighted by Gasteiger charge is 2.13. The molecule has 4 aromatic rings. The summed E-state index contributed by atoms with van der Waals surface area (Å²) in [5.74, 6) is 1.59. The Bertz CT molecular complexity index is 1100. The van der Waals surface area contributed by atoms with Crippen molar-refractivity contribution in [1.29, 1.82) is 0 Å². The quantitative estimate of drug-likeness (QED) is 0.330. The standard InChI is InChI=1S/C27H25NO2S/c1-20(12-13-21-8-4-2-5-9-21)28-27(29)26-19-18-25(31-26)22-14-16-24(17-15-22)30-23-10-6-3-7-11-23/h2-11,14-20H,12-13H2,1H3,(H,28,29). The minimum atomic E-state index is -0.0131. The summed E-state index contributed by atoms with van der Waals surface area (Å²) in [6.07, 6.45) is 1.87. The van der Waals surface area contributed by atoms with Crippen molar-refractivity contribution < 1.29 is 9.53 Å². The molecule has 1 heterocycles. The van der Waals surface area contributed by atoms with Crippen molar-refractivity contribution in [2.24, 2.45) is 0 Å². The van der Waals surface area contributed by atoms with Crippen LogP contribution < -0.4 is 10.1 Å². The smallest absolute Gasteiger partial charge is 0.261 e. The maximum Gasteiger partial charge on any atom is 0.261 e. The molecule has 1 unspecified atom stereocenters. The molecule has 31 heavy (non-hydrogen) atoms. The normalized spacial score (nSPS) is 11.6. The van der Waals surface area contributed by atoms with Crippen LogP contribution in [0, 0.1) is 0 Å². The van der Waals surface area contributed by atoms with Crippen LogP contribution in [0.1, 0.15) is 28.6 Å². The van der Waals surface area contributed by atoms with Gasteiger partial charge >= 0.3 is 0 Å². The molecule has 0 saturated heterocycles. The van der Waals surface area contributed by atoms with E-state index in [1.54, 1.807) is 0 Å². The first-order valence-corrected chi connectivity index (χ1v) is 11.3. The number of amides is 1. The van der Waals surface area contributed by atoms with E-state index in [0.29, 0.717) is 0 Å². The highest BCUT2D eigenvalue weighted by atomic mass is 32.1. The van der Waals surface area contributed by atoms with E-state index in [0.717, 1.165) is 39.7 Å². The number of carbonyl (C=O) groups is 1. The Morgan fingerprint density at radius 3 is 2.19 bits per heavy atom.